The summed E-state index contributed by atoms with van der Waals surface area (Å²) >= 11 is 0. The molecule has 25 heavy (non-hydrogen) atoms. The van der Waals surface area contributed by atoms with Crippen molar-refractivity contribution in [2.75, 3.05) is 13.2 Å². The summed E-state index contributed by atoms with van der Waals surface area (Å²) in [5.41, 5.74) is 0. The summed E-state index contributed by atoms with van der Waals surface area (Å²) in [7, 11) is -10.2. The highest BCUT2D eigenvalue weighted by Crippen LogP contribution is 2.48. The third-order valence-electron chi connectivity index (χ3n) is 3.20. The van der Waals surface area contributed by atoms with E-state index >= 15 is 0 Å². The lowest BCUT2D eigenvalue weighted by Crippen LogP contribution is -2.64. The van der Waals surface area contributed by atoms with Crippen LogP contribution in [0.1, 0.15) is 0 Å². The van der Waals surface area contributed by atoms with Gasteiger partial charge in [-0.2, -0.15) is 0 Å². The molecule has 0 spiro atoms. The van der Waals surface area contributed by atoms with E-state index in [9.17, 15) is 34.4 Å². The molecule has 1 aliphatic carbocycles. The van der Waals surface area contributed by atoms with Crippen LogP contribution in [0.25, 0.3) is 0 Å². The summed E-state index contributed by atoms with van der Waals surface area (Å²) in [5.74, 6) is 0. The van der Waals surface area contributed by atoms with E-state index in [1.807, 2.05) is 0 Å². The molecule has 16 heteroatoms. The second-order valence-electron chi connectivity index (χ2n) is 5.19. The minimum absolute atomic E-state index is 0.798. The summed E-state index contributed by atoms with van der Waals surface area (Å²) < 4.78 is 35.3. The van der Waals surface area contributed by atoms with Gasteiger partial charge in [0, 0.05) is 0 Å². The van der Waals surface area contributed by atoms with Gasteiger partial charge in [0.2, 0.25) is 0 Å². The van der Waals surface area contributed by atoms with Gasteiger partial charge in [0.25, 0.3) is 0 Å². The molecule has 0 bridgehead atoms. The predicted octanol–water partition coefficient (Wildman–Crippen LogP) is -4.22. The van der Waals surface area contributed by atoms with Crippen molar-refractivity contribution in [3.63, 3.8) is 0 Å². The molecule has 0 amide bonds. The minimum Gasteiger partial charge on any atom is -0.394 e. The highest BCUT2D eigenvalue weighted by molar-refractivity contribution is 7.47. The predicted molar refractivity (Wildman–Crippen MR) is 74.7 cm³/mol. The molecule has 3 unspecified atom stereocenters. The molecule has 1 rings (SSSR count). The van der Waals surface area contributed by atoms with Crippen LogP contribution in [-0.2, 0) is 22.7 Å². The summed E-state index contributed by atoms with van der Waals surface area (Å²) in [4.78, 5) is 26.8. The molecule has 0 aromatic rings. The van der Waals surface area contributed by atoms with Crippen molar-refractivity contribution in [2.24, 2.45) is 0 Å². The van der Waals surface area contributed by atoms with Crippen LogP contribution in [0.15, 0.2) is 0 Å². The first-order valence-electron chi connectivity index (χ1n) is 6.70. The maximum atomic E-state index is 11.7. The fraction of sp³-hybridized carbons (Fsp3) is 1.00. The fourth-order valence-electron chi connectivity index (χ4n) is 2.01. The Kier molecular flexibility index (Phi) is 8.08. The maximum Gasteiger partial charge on any atom is 0.472 e. The van der Waals surface area contributed by atoms with Crippen molar-refractivity contribution in [2.45, 2.75) is 42.7 Å². The molecule has 0 saturated heterocycles. The average molecular weight is 414 g/mol. The number of rotatable bonds is 8. The first-order valence-corrected chi connectivity index (χ1v) is 9.72. The van der Waals surface area contributed by atoms with Gasteiger partial charge < -0.3 is 45.3 Å². The monoisotopic (exact) mass is 414 g/mol. The highest BCUT2D eigenvalue weighted by atomic mass is 31.2. The van der Waals surface area contributed by atoms with Gasteiger partial charge >= 0.3 is 15.6 Å². The van der Waals surface area contributed by atoms with Gasteiger partial charge in [0.15, 0.2) is 0 Å². The van der Waals surface area contributed by atoms with Crippen molar-refractivity contribution >= 4 is 15.6 Å². The molecule has 0 heterocycles. The van der Waals surface area contributed by atoms with E-state index in [4.69, 9.17) is 20.0 Å². The first kappa shape index (κ1) is 23.0. The van der Waals surface area contributed by atoms with E-state index in [1.54, 1.807) is 0 Å². The van der Waals surface area contributed by atoms with Crippen molar-refractivity contribution < 1.29 is 68.0 Å². The normalized spacial score (nSPS) is 37.5. The molecule has 0 aromatic heterocycles. The van der Waals surface area contributed by atoms with E-state index in [-0.39, 0.29) is 0 Å². The maximum absolute atomic E-state index is 11.7. The molecule has 0 aromatic carbocycles. The fourth-order valence-corrected chi connectivity index (χ4v) is 3.55. The number of phosphoric acid groups is 2. The largest absolute Gasteiger partial charge is 0.472 e. The SMILES string of the molecule is O=P(O)(O)OC1[C@@H](O)[C@@H](O)C(OP(=O)(O)OC[C@H](O)CO)[C@H](O)[C@H]1O. The number of hydrogen-bond donors (Lipinski definition) is 9. The molecule has 9 N–H and O–H groups in total. The minimum atomic E-state index is -5.21. The van der Waals surface area contributed by atoms with Crippen LogP contribution in [0, 0.1) is 0 Å². The van der Waals surface area contributed by atoms with Gasteiger partial charge in [-0.25, -0.2) is 9.13 Å². The number of aliphatic hydroxyl groups excluding tert-OH is 6. The molecular formula is C9H20O14P2. The van der Waals surface area contributed by atoms with E-state index in [1.165, 1.54) is 0 Å². The molecule has 0 aliphatic heterocycles. The molecular weight excluding hydrogens is 394 g/mol. The molecule has 8 atom stereocenters. The molecule has 0 radical (unpaired) electrons. The van der Waals surface area contributed by atoms with Gasteiger partial charge in [-0.05, 0) is 0 Å². The van der Waals surface area contributed by atoms with Crippen molar-refractivity contribution in [1.82, 2.24) is 0 Å². The lowest BCUT2D eigenvalue weighted by molar-refractivity contribution is -0.216. The Morgan fingerprint density at radius 2 is 1.24 bits per heavy atom. The van der Waals surface area contributed by atoms with E-state index in [0.29, 0.717) is 0 Å². The smallest absolute Gasteiger partial charge is 0.394 e. The van der Waals surface area contributed by atoms with Crippen LogP contribution >= 0.6 is 15.6 Å². The Morgan fingerprint density at radius 3 is 1.60 bits per heavy atom. The zero-order valence-corrected chi connectivity index (χ0v) is 14.2. The molecule has 150 valence electrons. The Labute approximate surface area is 140 Å². The summed E-state index contributed by atoms with van der Waals surface area (Å²) in [6, 6.07) is 0. The number of phosphoric ester groups is 2. The third-order valence-corrected chi connectivity index (χ3v) is 4.70. The third kappa shape index (κ3) is 6.57. The zero-order valence-electron chi connectivity index (χ0n) is 12.4. The van der Waals surface area contributed by atoms with Crippen molar-refractivity contribution in [1.29, 1.82) is 0 Å². The lowest BCUT2D eigenvalue weighted by Gasteiger charge is -2.43. The quantitative estimate of drug-likeness (QED) is 0.171. The van der Waals surface area contributed by atoms with E-state index < -0.39 is 71.6 Å². The number of hydrogen-bond acceptors (Lipinski definition) is 11. The van der Waals surface area contributed by atoms with Gasteiger partial charge in [-0.3, -0.25) is 13.6 Å². The van der Waals surface area contributed by atoms with Crippen LogP contribution in [0.2, 0.25) is 0 Å². The van der Waals surface area contributed by atoms with Crippen molar-refractivity contribution in [3.05, 3.63) is 0 Å². The van der Waals surface area contributed by atoms with Crippen LogP contribution in [0.4, 0.5) is 0 Å². The van der Waals surface area contributed by atoms with Gasteiger partial charge in [0.05, 0.1) is 13.2 Å². The van der Waals surface area contributed by atoms with E-state index in [2.05, 4.69) is 13.6 Å². The van der Waals surface area contributed by atoms with Gasteiger partial charge in [0.1, 0.15) is 42.7 Å². The average Bonchev–Trinajstić information content (AvgIpc) is 2.50. The number of aliphatic hydroxyl groups is 6. The Balaban J connectivity index is 2.85. The molecule has 1 saturated carbocycles. The first-order chi connectivity index (χ1) is 11.3. The second kappa shape index (κ2) is 8.78. The van der Waals surface area contributed by atoms with Gasteiger partial charge in [-0.1, -0.05) is 0 Å². The summed E-state index contributed by atoms with van der Waals surface area (Å²) in [6.07, 6.45) is -14.6. The zero-order chi connectivity index (χ0) is 19.6. The standard InChI is InChI=1S/C9H20O14P2/c10-1-3(11)2-21-25(19,20)23-9-6(14)4(12)8(5(13)7(9)15)22-24(16,17)18/h3-15H,1-2H2,(H,19,20)(H2,16,17,18)/t3-,4-,5+,6-,7-,8?,9?/m1/s1. The molecule has 14 nitrogen and oxygen atoms in total. The highest BCUT2D eigenvalue weighted by Gasteiger charge is 2.54. The topological polar surface area (TPSA) is 244 Å². The van der Waals surface area contributed by atoms with Crippen LogP contribution in [0.5, 0.6) is 0 Å². The van der Waals surface area contributed by atoms with Crippen molar-refractivity contribution in [3.8, 4) is 0 Å². The Bertz CT molecular complexity index is 506. The molecule has 1 aliphatic rings. The lowest BCUT2D eigenvalue weighted by atomic mass is 9.85. The van der Waals surface area contributed by atoms with Crippen LogP contribution in [-0.4, -0.2) is 101 Å². The Morgan fingerprint density at radius 1 is 0.840 bits per heavy atom. The van der Waals surface area contributed by atoms with Crippen LogP contribution < -0.4 is 0 Å². The summed E-state index contributed by atoms with van der Waals surface area (Å²) in [6.45, 7) is -1.65. The van der Waals surface area contributed by atoms with E-state index in [0.717, 1.165) is 0 Å². The van der Waals surface area contributed by atoms with Gasteiger partial charge in [-0.15, -0.1) is 0 Å². The summed E-state index contributed by atoms with van der Waals surface area (Å²) in [5, 5.41) is 56.8. The molecule has 1 fully saturated rings. The van der Waals surface area contributed by atoms with Crippen LogP contribution in [0.3, 0.4) is 0 Å². The second-order valence-corrected chi connectivity index (χ2v) is 7.79. The Hall–Kier alpha value is -0.0200.